The third-order valence-corrected chi connectivity index (χ3v) is 2.42. The van der Waals surface area contributed by atoms with E-state index in [0.717, 1.165) is 0 Å². The molecule has 0 nitrogen and oxygen atoms in total. The Hall–Kier alpha value is -0.700. The van der Waals surface area contributed by atoms with Crippen LogP contribution in [0.1, 0.15) is 25.7 Å². The fraction of sp³-hybridized carbons (Fsp3) is 0.556. The Bertz CT molecular complexity index is 206. The fourth-order valence-corrected chi connectivity index (χ4v) is 1.55. The van der Waals surface area contributed by atoms with E-state index in [1.54, 1.807) is 0 Å². The van der Waals surface area contributed by atoms with Crippen LogP contribution in [0.4, 0.5) is 0 Å². The Morgan fingerprint density at radius 1 is 1.22 bits per heavy atom. The van der Waals surface area contributed by atoms with E-state index < -0.39 is 0 Å². The summed E-state index contributed by atoms with van der Waals surface area (Å²) in [5.74, 6) is 0. The van der Waals surface area contributed by atoms with Crippen molar-refractivity contribution in [3.05, 3.63) is 23.6 Å². The molecule has 1 spiro atoms. The minimum Gasteiger partial charge on any atom is -0.0749 e. The molecule has 0 aliphatic heterocycles. The zero-order valence-electron chi connectivity index (χ0n) is 5.48. The molecule has 0 unspecified atom stereocenters. The Labute approximate surface area is 55.6 Å². The van der Waals surface area contributed by atoms with Crippen molar-refractivity contribution >= 4 is 0 Å². The first kappa shape index (κ1) is 5.11. The number of hydrogen-bond donors (Lipinski definition) is 0. The van der Waals surface area contributed by atoms with E-state index in [1.165, 1.54) is 25.7 Å². The highest BCUT2D eigenvalue weighted by Crippen LogP contribution is 2.45. The molecule has 0 heteroatoms. The lowest BCUT2D eigenvalue weighted by atomic mass is 9.66. The van der Waals surface area contributed by atoms with E-state index in [0.29, 0.717) is 5.41 Å². The lowest BCUT2D eigenvalue weighted by Gasteiger charge is -2.38. The van der Waals surface area contributed by atoms with Crippen LogP contribution in [0.2, 0.25) is 0 Å². The molecule has 0 aromatic carbocycles. The molecule has 0 atom stereocenters. The highest BCUT2D eigenvalue weighted by Gasteiger charge is 2.33. The molecule has 0 N–H and O–H groups in total. The summed E-state index contributed by atoms with van der Waals surface area (Å²) in [5, 5.41) is 0. The van der Waals surface area contributed by atoms with Crippen LogP contribution < -0.4 is 0 Å². The third-order valence-electron chi connectivity index (χ3n) is 2.42. The molecule has 9 heavy (non-hydrogen) atoms. The van der Waals surface area contributed by atoms with Crippen molar-refractivity contribution in [2.45, 2.75) is 25.7 Å². The van der Waals surface area contributed by atoms with Gasteiger partial charge in [-0.15, -0.1) is 0 Å². The van der Waals surface area contributed by atoms with Crippen molar-refractivity contribution in [3.63, 3.8) is 0 Å². The average Bonchev–Trinajstić information content (AvgIpc) is 1.87. The van der Waals surface area contributed by atoms with Crippen molar-refractivity contribution in [2.24, 2.45) is 5.41 Å². The Kier molecular flexibility index (Phi) is 0.931. The molecule has 46 valence electrons. The summed E-state index contributed by atoms with van der Waals surface area (Å²) in [6.07, 6.45) is 9.68. The normalized spacial score (nSPS) is 26.7. The first-order valence-electron chi connectivity index (χ1n) is 3.58. The van der Waals surface area contributed by atoms with Crippen LogP contribution in [0.3, 0.4) is 0 Å². The van der Waals surface area contributed by atoms with Crippen LogP contribution >= 0.6 is 0 Å². The molecular weight excluding hydrogens is 108 g/mol. The van der Waals surface area contributed by atoms with Gasteiger partial charge in [0.2, 0.25) is 0 Å². The standard InChI is InChI=1S/C9H10/c1-2-5-9(6-3-1)7-4-8-9/h2,6H,4-5,7-8H2. The van der Waals surface area contributed by atoms with E-state index in [2.05, 4.69) is 23.6 Å². The van der Waals surface area contributed by atoms with Gasteiger partial charge in [0.1, 0.15) is 0 Å². The van der Waals surface area contributed by atoms with Crippen molar-refractivity contribution in [1.82, 2.24) is 0 Å². The smallest absolute Gasteiger partial charge is 0.000470 e. The van der Waals surface area contributed by atoms with Gasteiger partial charge in [-0.2, -0.15) is 0 Å². The number of allylic oxidation sites excluding steroid dienone is 2. The molecule has 2 rings (SSSR count). The van der Waals surface area contributed by atoms with Crippen molar-refractivity contribution in [1.29, 1.82) is 0 Å². The van der Waals surface area contributed by atoms with E-state index >= 15 is 0 Å². The second kappa shape index (κ2) is 1.64. The van der Waals surface area contributed by atoms with Gasteiger partial charge in [-0.3, -0.25) is 0 Å². The predicted molar refractivity (Wildman–Crippen MR) is 37.1 cm³/mol. The maximum Gasteiger partial charge on any atom is 0.000470 e. The summed E-state index contributed by atoms with van der Waals surface area (Å²) >= 11 is 0. The minimum absolute atomic E-state index is 0.547. The largest absolute Gasteiger partial charge is 0.0749 e. The molecule has 2 aliphatic rings. The van der Waals surface area contributed by atoms with Crippen LogP contribution in [-0.4, -0.2) is 0 Å². The van der Waals surface area contributed by atoms with Gasteiger partial charge in [0.05, 0.1) is 0 Å². The van der Waals surface area contributed by atoms with Gasteiger partial charge < -0.3 is 0 Å². The highest BCUT2D eigenvalue weighted by molar-refractivity contribution is 5.11. The monoisotopic (exact) mass is 118 g/mol. The summed E-state index contributed by atoms with van der Waals surface area (Å²) < 4.78 is 0. The molecule has 0 aromatic heterocycles. The summed E-state index contributed by atoms with van der Waals surface area (Å²) in [6.45, 7) is 0. The zero-order chi connectivity index (χ0) is 6.16. The van der Waals surface area contributed by atoms with Crippen molar-refractivity contribution in [3.8, 4) is 0 Å². The van der Waals surface area contributed by atoms with Gasteiger partial charge >= 0.3 is 0 Å². The van der Waals surface area contributed by atoms with Crippen molar-refractivity contribution in [2.75, 3.05) is 0 Å². The van der Waals surface area contributed by atoms with E-state index in [4.69, 9.17) is 0 Å². The molecule has 0 saturated heterocycles. The summed E-state index contributed by atoms with van der Waals surface area (Å²) in [6, 6.07) is 0. The van der Waals surface area contributed by atoms with Crippen LogP contribution in [0.5, 0.6) is 0 Å². The molecule has 0 amide bonds. The number of hydrogen-bond acceptors (Lipinski definition) is 0. The second-order valence-corrected chi connectivity index (χ2v) is 3.06. The fourth-order valence-electron chi connectivity index (χ4n) is 1.55. The van der Waals surface area contributed by atoms with Gasteiger partial charge in [0.25, 0.3) is 0 Å². The van der Waals surface area contributed by atoms with E-state index in [1.807, 2.05) is 0 Å². The topological polar surface area (TPSA) is 0 Å². The first-order chi connectivity index (χ1) is 4.41. The Morgan fingerprint density at radius 3 is 2.44 bits per heavy atom. The van der Waals surface area contributed by atoms with Gasteiger partial charge in [0.15, 0.2) is 0 Å². The quantitative estimate of drug-likeness (QED) is 0.428. The van der Waals surface area contributed by atoms with Gasteiger partial charge in [0, 0.05) is 5.41 Å². The highest BCUT2D eigenvalue weighted by atomic mass is 14.4. The maximum atomic E-state index is 3.05. The van der Waals surface area contributed by atoms with Gasteiger partial charge in [-0.25, -0.2) is 0 Å². The van der Waals surface area contributed by atoms with Crippen LogP contribution in [0.25, 0.3) is 0 Å². The molecule has 1 saturated carbocycles. The third kappa shape index (κ3) is 0.685. The lowest BCUT2D eigenvalue weighted by Crippen LogP contribution is -2.26. The molecule has 0 bridgehead atoms. The lowest BCUT2D eigenvalue weighted by molar-refractivity contribution is 0.207. The molecule has 0 aromatic rings. The minimum atomic E-state index is 0.547. The predicted octanol–water partition coefficient (Wildman–Crippen LogP) is 2.43. The van der Waals surface area contributed by atoms with E-state index in [9.17, 15) is 0 Å². The van der Waals surface area contributed by atoms with Crippen molar-refractivity contribution < 1.29 is 0 Å². The molecule has 0 heterocycles. The second-order valence-electron chi connectivity index (χ2n) is 3.06. The summed E-state index contributed by atoms with van der Waals surface area (Å²) in [5.41, 5.74) is 6.57. The summed E-state index contributed by atoms with van der Waals surface area (Å²) in [4.78, 5) is 0. The SMILES string of the molecule is C1=C=CC2(CC=1)CCC2. The molecule has 2 aliphatic carbocycles. The van der Waals surface area contributed by atoms with Crippen LogP contribution in [-0.2, 0) is 0 Å². The Morgan fingerprint density at radius 2 is 2.11 bits per heavy atom. The van der Waals surface area contributed by atoms with Gasteiger partial charge in [-0.1, -0.05) is 17.9 Å². The maximum absolute atomic E-state index is 3.05. The number of rotatable bonds is 0. The van der Waals surface area contributed by atoms with Gasteiger partial charge in [-0.05, 0) is 31.4 Å². The average molecular weight is 118 g/mol. The van der Waals surface area contributed by atoms with E-state index in [-0.39, 0.29) is 0 Å². The van der Waals surface area contributed by atoms with Crippen LogP contribution in [0, 0.1) is 5.41 Å². The Balaban J connectivity index is 2.27. The molecule has 1 fully saturated rings. The molecule has 0 radical (unpaired) electrons. The zero-order valence-corrected chi connectivity index (χ0v) is 5.48. The van der Waals surface area contributed by atoms with Crippen LogP contribution in [0.15, 0.2) is 23.6 Å². The summed E-state index contributed by atoms with van der Waals surface area (Å²) in [7, 11) is 0. The first-order valence-corrected chi connectivity index (χ1v) is 3.58. The molecular formula is C9H10.